The van der Waals surface area contributed by atoms with Crippen molar-refractivity contribution in [2.45, 2.75) is 32.1 Å². The molecule has 0 aliphatic heterocycles. The predicted octanol–water partition coefficient (Wildman–Crippen LogP) is 2.94. The Kier molecular flexibility index (Phi) is 3.05. The maximum atomic E-state index is 10.7. The quantitative estimate of drug-likeness (QED) is 0.768. The first kappa shape index (κ1) is 10.2. The molecule has 1 fully saturated rings. The summed E-state index contributed by atoms with van der Waals surface area (Å²) in [5.74, 6) is 0.872. The molecule has 0 bridgehead atoms. The highest BCUT2D eigenvalue weighted by Crippen LogP contribution is 2.31. The Morgan fingerprint density at radius 3 is 2.73 bits per heavy atom. The number of para-hydroxylation sites is 1. The largest absolute Gasteiger partial charge is 0.507 e. The van der Waals surface area contributed by atoms with Gasteiger partial charge in [0.2, 0.25) is 0 Å². The molecule has 1 aliphatic carbocycles. The van der Waals surface area contributed by atoms with Gasteiger partial charge in [-0.05, 0) is 24.0 Å². The zero-order valence-corrected chi connectivity index (χ0v) is 8.78. The number of phenols is 1. The molecule has 0 radical (unpaired) electrons. The number of aromatic hydroxyl groups is 1. The monoisotopic (exact) mass is 204 g/mol. The van der Waals surface area contributed by atoms with Gasteiger partial charge in [0, 0.05) is 0 Å². The van der Waals surface area contributed by atoms with Crippen LogP contribution in [0, 0.1) is 5.92 Å². The second kappa shape index (κ2) is 4.47. The Labute approximate surface area is 89.9 Å². The van der Waals surface area contributed by atoms with Crippen LogP contribution in [0.15, 0.2) is 18.2 Å². The molecular formula is C13H16O2. The highest BCUT2D eigenvalue weighted by molar-refractivity contribution is 5.79. The van der Waals surface area contributed by atoms with Gasteiger partial charge in [0.05, 0.1) is 5.56 Å². The molecule has 0 atom stereocenters. The molecule has 1 aromatic carbocycles. The second-order valence-electron chi connectivity index (χ2n) is 4.33. The van der Waals surface area contributed by atoms with Gasteiger partial charge in [0.1, 0.15) is 5.75 Å². The molecule has 80 valence electrons. The van der Waals surface area contributed by atoms with Gasteiger partial charge in [-0.15, -0.1) is 0 Å². The van der Waals surface area contributed by atoms with Crippen LogP contribution < -0.4 is 0 Å². The molecule has 2 rings (SSSR count). The summed E-state index contributed by atoms with van der Waals surface area (Å²) in [6.07, 6.45) is 6.74. The molecule has 2 nitrogen and oxygen atoms in total. The summed E-state index contributed by atoms with van der Waals surface area (Å²) in [6.45, 7) is 0. The molecule has 0 heterocycles. The molecule has 2 heteroatoms. The van der Waals surface area contributed by atoms with E-state index in [1.165, 1.54) is 25.7 Å². The second-order valence-corrected chi connectivity index (χ2v) is 4.33. The average molecular weight is 204 g/mol. The van der Waals surface area contributed by atoms with Crippen molar-refractivity contribution < 1.29 is 9.90 Å². The van der Waals surface area contributed by atoms with Gasteiger partial charge in [0.25, 0.3) is 0 Å². The zero-order chi connectivity index (χ0) is 10.7. The van der Waals surface area contributed by atoms with Crippen LogP contribution in [0.1, 0.15) is 41.6 Å². The van der Waals surface area contributed by atoms with Crippen molar-refractivity contribution >= 4 is 6.29 Å². The lowest BCUT2D eigenvalue weighted by Gasteiger charge is -2.11. The highest BCUT2D eigenvalue weighted by atomic mass is 16.3. The lowest BCUT2D eigenvalue weighted by atomic mass is 9.96. The van der Waals surface area contributed by atoms with Gasteiger partial charge in [-0.3, -0.25) is 4.79 Å². The first-order valence-electron chi connectivity index (χ1n) is 5.57. The zero-order valence-electron chi connectivity index (χ0n) is 8.78. The van der Waals surface area contributed by atoms with Crippen LogP contribution in [0.5, 0.6) is 5.75 Å². The van der Waals surface area contributed by atoms with Crippen LogP contribution in [0.4, 0.5) is 0 Å². The van der Waals surface area contributed by atoms with Gasteiger partial charge in [0.15, 0.2) is 6.29 Å². The van der Waals surface area contributed by atoms with Gasteiger partial charge >= 0.3 is 0 Å². The van der Waals surface area contributed by atoms with E-state index >= 15 is 0 Å². The number of carbonyl (C=O) groups excluding carboxylic acids is 1. The molecule has 0 aromatic heterocycles. The fourth-order valence-corrected chi connectivity index (χ4v) is 2.40. The van der Waals surface area contributed by atoms with E-state index in [1.807, 2.05) is 12.1 Å². The van der Waals surface area contributed by atoms with Crippen LogP contribution >= 0.6 is 0 Å². The van der Waals surface area contributed by atoms with E-state index in [1.54, 1.807) is 6.07 Å². The summed E-state index contributed by atoms with van der Waals surface area (Å²) in [4.78, 5) is 10.7. The number of hydrogen-bond donors (Lipinski definition) is 1. The molecule has 1 aromatic rings. The Morgan fingerprint density at radius 1 is 1.33 bits per heavy atom. The Hall–Kier alpha value is -1.31. The number of aldehydes is 1. The molecule has 0 unspecified atom stereocenters. The van der Waals surface area contributed by atoms with Crippen molar-refractivity contribution in [2.75, 3.05) is 0 Å². The number of carbonyl (C=O) groups is 1. The molecule has 0 saturated heterocycles. The Morgan fingerprint density at radius 2 is 2.07 bits per heavy atom. The number of rotatable bonds is 3. The van der Waals surface area contributed by atoms with Crippen LogP contribution in [-0.4, -0.2) is 11.4 Å². The lowest BCUT2D eigenvalue weighted by molar-refractivity contribution is 0.112. The number of benzene rings is 1. The molecule has 1 saturated carbocycles. The predicted molar refractivity (Wildman–Crippen MR) is 59.2 cm³/mol. The van der Waals surface area contributed by atoms with Gasteiger partial charge < -0.3 is 5.11 Å². The summed E-state index contributed by atoms with van der Waals surface area (Å²) in [5.41, 5.74) is 1.33. The average Bonchev–Trinajstić information content (AvgIpc) is 2.74. The Balaban J connectivity index is 2.16. The van der Waals surface area contributed by atoms with Crippen molar-refractivity contribution in [3.8, 4) is 5.75 Å². The number of phenolic OH excluding ortho intramolecular Hbond substituents is 1. The van der Waals surface area contributed by atoms with Crippen molar-refractivity contribution in [1.82, 2.24) is 0 Å². The minimum atomic E-state index is 0.180. The van der Waals surface area contributed by atoms with Crippen molar-refractivity contribution in [3.63, 3.8) is 0 Å². The lowest BCUT2D eigenvalue weighted by Crippen LogP contribution is -2.00. The molecular weight excluding hydrogens is 188 g/mol. The van der Waals surface area contributed by atoms with Crippen LogP contribution in [-0.2, 0) is 6.42 Å². The minimum absolute atomic E-state index is 0.180. The normalized spacial score (nSPS) is 16.8. The van der Waals surface area contributed by atoms with Crippen LogP contribution in [0.3, 0.4) is 0 Å². The van der Waals surface area contributed by atoms with E-state index in [9.17, 15) is 9.90 Å². The van der Waals surface area contributed by atoms with E-state index in [4.69, 9.17) is 0 Å². The van der Waals surface area contributed by atoms with Crippen molar-refractivity contribution in [2.24, 2.45) is 5.92 Å². The summed E-state index contributed by atoms with van der Waals surface area (Å²) >= 11 is 0. The topological polar surface area (TPSA) is 37.3 Å². The third kappa shape index (κ3) is 2.20. The van der Waals surface area contributed by atoms with Crippen LogP contribution in [0.2, 0.25) is 0 Å². The Bertz CT molecular complexity index is 352. The van der Waals surface area contributed by atoms with E-state index < -0.39 is 0 Å². The standard InChI is InChI=1S/C13H16O2/c14-9-12-7-3-6-11(13(12)15)8-10-4-1-2-5-10/h3,6-7,9-10,15H,1-2,4-5,8H2. The van der Waals surface area contributed by atoms with Gasteiger partial charge in [-0.2, -0.15) is 0 Å². The third-order valence-electron chi connectivity index (χ3n) is 3.26. The summed E-state index contributed by atoms with van der Waals surface area (Å²) in [5, 5.41) is 9.82. The van der Waals surface area contributed by atoms with E-state index in [-0.39, 0.29) is 5.75 Å². The number of hydrogen-bond acceptors (Lipinski definition) is 2. The van der Waals surface area contributed by atoms with Crippen LogP contribution in [0.25, 0.3) is 0 Å². The highest BCUT2D eigenvalue weighted by Gasteiger charge is 2.17. The summed E-state index contributed by atoms with van der Waals surface area (Å²) in [6, 6.07) is 5.41. The minimum Gasteiger partial charge on any atom is -0.507 e. The van der Waals surface area contributed by atoms with E-state index in [0.29, 0.717) is 17.8 Å². The molecule has 1 N–H and O–H groups in total. The molecule has 0 amide bonds. The van der Waals surface area contributed by atoms with E-state index in [2.05, 4.69) is 0 Å². The van der Waals surface area contributed by atoms with Crippen molar-refractivity contribution in [3.05, 3.63) is 29.3 Å². The smallest absolute Gasteiger partial charge is 0.153 e. The first-order chi connectivity index (χ1) is 7.31. The summed E-state index contributed by atoms with van der Waals surface area (Å²) < 4.78 is 0. The fraction of sp³-hybridized carbons (Fsp3) is 0.462. The van der Waals surface area contributed by atoms with Crippen molar-refractivity contribution in [1.29, 1.82) is 0 Å². The maximum absolute atomic E-state index is 10.7. The SMILES string of the molecule is O=Cc1cccc(CC2CCCC2)c1O. The summed E-state index contributed by atoms with van der Waals surface area (Å²) in [7, 11) is 0. The molecule has 1 aliphatic rings. The first-order valence-corrected chi connectivity index (χ1v) is 5.57. The van der Waals surface area contributed by atoms with Gasteiger partial charge in [-0.1, -0.05) is 37.8 Å². The van der Waals surface area contributed by atoms with Gasteiger partial charge in [-0.25, -0.2) is 0 Å². The molecule has 15 heavy (non-hydrogen) atoms. The fourth-order valence-electron chi connectivity index (χ4n) is 2.40. The third-order valence-corrected chi connectivity index (χ3v) is 3.26. The molecule has 0 spiro atoms. The van der Waals surface area contributed by atoms with E-state index in [0.717, 1.165) is 12.0 Å². The maximum Gasteiger partial charge on any atom is 0.153 e.